The first-order chi connectivity index (χ1) is 8.74. The van der Waals surface area contributed by atoms with E-state index in [4.69, 9.17) is 5.11 Å². The lowest BCUT2D eigenvalue weighted by Crippen LogP contribution is -2.22. The Labute approximate surface area is 106 Å². The number of esters is 1. The molecule has 1 N–H and O–H groups in total. The molecule has 0 aromatic carbocycles. The summed E-state index contributed by atoms with van der Waals surface area (Å²) in [4.78, 5) is 21.7. The molecule has 1 atom stereocenters. The Hall–Kier alpha value is -1.69. The van der Waals surface area contributed by atoms with Crippen LogP contribution in [-0.2, 0) is 4.74 Å². The number of nitrogens with zero attached hydrogens (tertiary/aromatic N) is 3. The van der Waals surface area contributed by atoms with E-state index in [0.717, 1.165) is 25.9 Å². The van der Waals surface area contributed by atoms with E-state index < -0.39 is 5.97 Å². The first kappa shape index (κ1) is 12.8. The second-order valence-corrected chi connectivity index (χ2v) is 4.37. The summed E-state index contributed by atoms with van der Waals surface area (Å²) in [6, 6.07) is 0. The summed E-state index contributed by atoms with van der Waals surface area (Å²) in [5, 5.41) is 8.92. The molecule has 18 heavy (non-hydrogen) atoms. The van der Waals surface area contributed by atoms with E-state index in [9.17, 15) is 4.79 Å². The number of carbonyl (C=O) groups excluding carboxylic acids is 1. The van der Waals surface area contributed by atoms with Crippen molar-refractivity contribution in [3.8, 4) is 0 Å². The molecular weight excluding hydrogens is 234 g/mol. The van der Waals surface area contributed by atoms with Crippen molar-refractivity contribution in [2.75, 3.05) is 31.7 Å². The molecule has 0 aliphatic carbocycles. The van der Waals surface area contributed by atoms with E-state index in [0.29, 0.717) is 11.7 Å². The minimum absolute atomic E-state index is 0.215. The maximum absolute atomic E-state index is 11.4. The first-order valence-electron chi connectivity index (χ1n) is 6.00. The zero-order valence-corrected chi connectivity index (χ0v) is 10.4. The summed E-state index contributed by atoms with van der Waals surface area (Å²) in [5.41, 5.74) is 0.223. The van der Waals surface area contributed by atoms with Gasteiger partial charge in [-0.2, -0.15) is 0 Å². The molecule has 6 heteroatoms. The predicted molar refractivity (Wildman–Crippen MR) is 65.4 cm³/mol. The Morgan fingerprint density at radius 2 is 2.44 bits per heavy atom. The van der Waals surface area contributed by atoms with E-state index in [1.54, 1.807) is 6.20 Å². The van der Waals surface area contributed by atoms with E-state index in [2.05, 4.69) is 19.6 Å². The Bertz CT molecular complexity index is 425. The highest BCUT2D eigenvalue weighted by atomic mass is 16.5. The van der Waals surface area contributed by atoms with Gasteiger partial charge in [0.25, 0.3) is 0 Å². The summed E-state index contributed by atoms with van der Waals surface area (Å²) in [6.07, 6.45) is 4.88. The van der Waals surface area contributed by atoms with Crippen LogP contribution >= 0.6 is 0 Å². The molecule has 2 rings (SSSR count). The number of aliphatic hydroxyl groups is 1. The van der Waals surface area contributed by atoms with Crippen LogP contribution in [0, 0.1) is 5.92 Å². The monoisotopic (exact) mass is 251 g/mol. The average Bonchev–Trinajstić information content (AvgIpc) is 2.87. The molecule has 2 heterocycles. The molecule has 1 saturated heterocycles. The zero-order valence-electron chi connectivity index (χ0n) is 10.4. The highest BCUT2D eigenvalue weighted by molar-refractivity contribution is 5.87. The van der Waals surface area contributed by atoms with Crippen LogP contribution in [0.2, 0.25) is 0 Å². The normalized spacial score (nSPS) is 19.0. The highest BCUT2D eigenvalue weighted by Gasteiger charge is 2.23. The first-order valence-corrected chi connectivity index (χ1v) is 6.00. The van der Waals surface area contributed by atoms with Gasteiger partial charge in [0, 0.05) is 19.7 Å². The van der Waals surface area contributed by atoms with Gasteiger partial charge in [0.15, 0.2) is 5.69 Å². The SMILES string of the molecule is COC(=O)c1cncc(N2CCC(CCO)C2)n1. The average molecular weight is 251 g/mol. The van der Waals surface area contributed by atoms with Gasteiger partial charge in [0.2, 0.25) is 0 Å². The van der Waals surface area contributed by atoms with Crippen molar-refractivity contribution in [1.82, 2.24) is 9.97 Å². The van der Waals surface area contributed by atoms with Crippen LogP contribution in [0.5, 0.6) is 0 Å². The van der Waals surface area contributed by atoms with Gasteiger partial charge in [-0.05, 0) is 18.8 Å². The Balaban J connectivity index is 2.08. The largest absolute Gasteiger partial charge is 0.464 e. The van der Waals surface area contributed by atoms with Crippen LogP contribution in [0.4, 0.5) is 5.82 Å². The summed E-state index contributed by atoms with van der Waals surface area (Å²) in [6.45, 7) is 1.94. The molecule has 0 spiro atoms. The van der Waals surface area contributed by atoms with E-state index in [1.807, 2.05) is 0 Å². The molecular formula is C12H17N3O3. The molecule has 1 aliphatic heterocycles. The number of carbonyl (C=O) groups is 1. The molecule has 1 fully saturated rings. The fraction of sp³-hybridized carbons (Fsp3) is 0.583. The zero-order chi connectivity index (χ0) is 13.0. The van der Waals surface area contributed by atoms with Gasteiger partial charge in [-0.15, -0.1) is 0 Å². The quantitative estimate of drug-likeness (QED) is 0.784. The summed E-state index contributed by atoms with van der Waals surface area (Å²) in [5.74, 6) is 0.701. The number of ether oxygens (including phenoxy) is 1. The van der Waals surface area contributed by atoms with Crippen LogP contribution in [0.15, 0.2) is 12.4 Å². The van der Waals surface area contributed by atoms with E-state index >= 15 is 0 Å². The lowest BCUT2D eigenvalue weighted by molar-refractivity contribution is 0.0593. The van der Waals surface area contributed by atoms with Gasteiger partial charge in [0.1, 0.15) is 5.82 Å². The fourth-order valence-corrected chi connectivity index (χ4v) is 2.17. The summed E-state index contributed by atoms with van der Waals surface area (Å²) >= 11 is 0. The minimum Gasteiger partial charge on any atom is -0.464 e. The number of aromatic nitrogens is 2. The van der Waals surface area contributed by atoms with Gasteiger partial charge in [-0.1, -0.05) is 0 Å². The molecule has 1 unspecified atom stereocenters. The molecule has 0 radical (unpaired) electrons. The molecule has 6 nitrogen and oxygen atoms in total. The number of hydrogen-bond acceptors (Lipinski definition) is 6. The van der Waals surface area contributed by atoms with Crippen molar-refractivity contribution in [2.45, 2.75) is 12.8 Å². The van der Waals surface area contributed by atoms with Crippen LogP contribution < -0.4 is 4.90 Å². The number of anilines is 1. The molecule has 1 aliphatic rings. The summed E-state index contributed by atoms with van der Waals surface area (Å²) in [7, 11) is 1.32. The third-order valence-corrected chi connectivity index (χ3v) is 3.16. The van der Waals surface area contributed by atoms with Crippen LogP contribution in [0.3, 0.4) is 0 Å². The maximum atomic E-state index is 11.4. The van der Waals surface area contributed by atoms with Crippen molar-refractivity contribution in [3.05, 3.63) is 18.1 Å². The van der Waals surface area contributed by atoms with Crippen molar-refractivity contribution < 1.29 is 14.6 Å². The van der Waals surface area contributed by atoms with Crippen molar-refractivity contribution in [2.24, 2.45) is 5.92 Å². The van der Waals surface area contributed by atoms with Gasteiger partial charge in [0.05, 0.1) is 19.5 Å². The topological polar surface area (TPSA) is 75.5 Å². The summed E-state index contributed by atoms with van der Waals surface area (Å²) < 4.78 is 4.62. The number of methoxy groups -OCH3 is 1. The Kier molecular flexibility index (Phi) is 4.09. The number of aliphatic hydroxyl groups excluding tert-OH is 1. The van der Waals surface area contributed by atoms with Crippen molar-refractivity contribution in [3.63, 3.8) is 0 Å². The standard InChI is InChI=1S/C12H17N3O3/c1-18-12(17)10-6-13-7-11(14-10)15-4-2-9(8-15)3-5-16/h6-7,9,16H,2-5,8H2,1H3. The van der Waals surface area contributed by atoms with Crippen molar-refractivity contribution in [1.29, 1.82) is 0 Å². The van der Waals surface area contributed by atoms with Crippen molar-refractivity contribution >= 4 is 11.8 Å². The fourth-order valence-electron chi connectivity index (χ4n) is 2.17. The van der Waals surface area contributed by atoms with Gasteiger partial charge >= 0.3 is 5.97 Å². The maximum Gasteiger partial charge on any atom is 0.358 e. The minimum atomic E-state index is -0.476. The molecule has 98 valence electrons. The Morgan fingerprint density at radius 1 is 1.61 bits per heavy atom. The second-order valence-electron chi connectivity index (χ2n) is 4.37. The van der Waals surface area contributed by atoms with Crippen LogP contribution in [0.25, 0.3) is 0 Å². The third kappa shape index (κ3) is 2.76. The smallest absolute Gasteiger partial charge is 0.358 e. The van der Waals surface area contributed by atoms with Gasteiger partial charge < -0.3 is 14.7 Å². The number of hydrogen-bond donors (Lipinski definition) is 1. The molecule has 0 saturated carbocycles. The second kappa shape index (κ2) is 5.77. The third-order valence-electron chi connectivity index (χ3n) is 3.16. The van der Waals surface area contributed by atoms with Crippen LogP contribution in [0.1, 0.15) is 23.3 Å². The molecule has 1 aromatic heterocycles. The van der Waals surface area contributed by atoms with Gasteiger partial charge in [-0.25, -0.2) is 9.78 Å². The molecule has 0 bridgehead atoms. The Morgan fingerprint density at radius 3 is 3.17 bits per heavy atom. The molecule has 1 aromatic rings. The van der Waals surface area contributed by atoms with Crippen LogP contribution in [-0.4, -0.2) is 47.8 Å². The highest BCUT2D eigenvalue weighted by Crippen LogP contribution is 2.23. The van der Waals surface area contributed by atoms with E-state index in [1.165, 1.54) is 13.3 Å². The lowest BCUT2D eigenvalue weighted by Gasteiger charge is -2.17. The van der Waals surface area contributed by atoms with E-state index in [-0.39, 0.29) is 12.3 Å². The number of rotatable bonds is 4. The predicted octanol–water partition coefficient (Wildman–Crippen LogP) is 0.472. The van der Waals surface area contributed by atoms with Gasteiger partial charge in [-0.3, -0.25) is 4.98 Å². The lowest BCUT2D eigenvalue weighted by atomic mass is 10.1. The molecule has 0 amide bonds.